The molecule has 1 fully saturated rings. The Kier molecular flexibility index (Phi) is 8.88. The standard InChI is InChI=1S/C34H35N3O5S/c38-32(39)16-17-35-33(40)26-8-6-23(7-9-26)21-37(28-13-10-25(11-14-28)24-4-2-1-3-5-24)34-36-29(22-43-34)27-12-15-30-31(20-27)42-19-18-41-30/h6-15,20,22,24H,1-5,16-19,21H2,(H,35,40)(H,38,39). The van der Waals surface area contributed by atoms with E-state index in [-0.39, 0.29) is 18.9 Å². The number of nitrogens with zero attached hydrogens (tertiary/aromatic N) is 2. The minimum Gasteiger partial charge on any atom is -0.486 e. The summed E-state index contributed by atoms with van der Waals surface area (Å²) in [6.07, 6.45) is 6.33. The second-order valence-electron chi connectivity index (χ2n) is 11.0. The fourth-order valence-electron chi connectivity index (χ4n) is 5.68. The van der Waals surface area contributed by atoms with Crippen LogP contribution in [0.4, 0.5) is 10.8 Å². The van der Waals surface area contributed by atoms with Gasteiger partial charge in [0.05, 0.1) is 18.7 Å². The van der Waals surface area contributed by atoms with Gasteiger partial charge in [-0.2, -0.15) is 0 Å². The van der Waals surface area contributed by atoms with E-state index in [4.69, 9.17) is 19.6 Å². The van der Waals surface area contributed by atoms with Gasteiger partial charge < -0.3 is 24.8 Å². The first-order chi connectivity index (χ1) is 21.0. The van der Waals surface area contributed by atoms with Gasteiger partial charge in [-0.3, -0.25) is 9.59 Å². The van der Waals surface area contributed by atoms with Crippen LogP contribution in [-0.2, 0) is 11.3 Å². The van der Waals surface area contributed by atoms with Gasteiger partial charge in [-0.05, 0) is 72.4 Å². The highest BCUT2D eigenvalue weighted by molar-refractivity contribution is 7.14. The lowest BCUT2D eigenvalue weighted by atomic mass is 9.84. The van der Waals surface area contributed by atoms with Crippen LogP contribution < -0.4 is 19.7 Å². The van der Waals surface area contributed by atoms with E-state index in [9.17, 15) is 9.59 Å². The lowest BCUT2D eigenvalue weighted by Gasteiger charge is -2.25. The minimum atomic E-state index is -0.943. The Morgan fingerprint density at radius 2 is 1.67 bits per heavy atom. The molecule has 0 spiro atoms. The van der Waals surface area contributed by atoms with Crippen molar-refractivity contribution in [3.8, 4) is 22.8 Å². The molecular formula is C34H35N3O5S. The van der Waals surface area contributed by atoms with E-state index in [0.717, 1.165) is 39.1 Å². The highest BCUT2D eigenvalue weighted by Gasteiger charge is 2.20. The number of hydrogen-bond donors (Lipinski definition) is 2. The number of nitrogens with one attached hydrogen (secondary N) is 1. The van der Waals surface area contributed by atoms with Crippen LogP contribution in [0, 0.1) is 0 Å². The fraction of sp³-hybridized carbons (Fsp3) is 0.324. The van der Waals surface area contributed by atoms with Crippen molar-refractivity contribution < 1.29 is 24.2 Å². The van der Waals surface area contributed by atoms with Gasteiger partial charge in [0, 0.05) is 28.7 Å². The number of carboxylic acid groups (broad SMARTS) is 1. The number of ether oxygens (including phenoxy) is 2. The molecule has 9 heteroatoms. The summed E-state index contributed by atoms with van der Waals surface area (Å²) in [5, 5.41) is 14.4. The smallest absolute Gasteiger partial charge is 0.305 e. The average molecular weight is 598 g/mol. The Balaban J connectivity index is 1.25. The highest BCUT2D eigenvalue weighted by atomic mass is 32.1. The maximum absolute atomic E-state index is 12.5. The molecule has 2 aliphatic rings. The third-order valence-corrected chi connectivity index (χ3v) is 8.89. The molecular weight excluding hydrogens is 562 g/mol. The number of benzene rings is 3. The zero-order chi connectivity index (χ0) is 29.6. The zero-order valence-corrected chi connectivity index (χ0v) is 24.8. The molecule has 2 heterocycles. The Morgan fingerprint density at radius 1 is 0.930 bits per heavy atom. The molecule has 3 aromatic carbocycles. The number of carboxylic acids is 1. The lowest BCUT2D eigenvalue weighted by molar-refractivity contribution is -0.136. The molecule has 222 valence electrons. The second-order valence-corrected chi connectivity index (χ2v) is 11.8. The van der Waals surface area contributed by atoms with Crippen molar-refractivity contribution >= 4 is 34.0 Å². The molecule has 0 unspecified atom stereocenters. The van der Waals surface area contributed by atoms with Crippen LogP contribution in [0.2, 0.25) is 0 Å². The first-order valence-electron chi connectivity index (χ1n) is 14.9. The average Bonchev–Trinajstić information content (AvgIpc) is 3.54. The molecule has 0 radical (unpaired) electrons. The molecule has 0 atom stereocenters. The number of amides is 1. The van der Waals surface area contributed by atoms with Crippen molar-refractivity contribution in [2.45, 2.75) is 51.0 Å². The van der Waals surface area contributed by atoms with Gasteiger partial charge in [0.25, 0.3) is 5.91 Å². The van der Waals surface area contributed by atoms with Crippen molar-refractivity contribution in [2.75, 3.05) is 24.7 Å². The second kappa shape index (κ2) is 13.3. The van der Waals surface area contributed by atoms with Crippen LogP contribution in [0.5, 0.6) is 11.5 Å². The Labute approximate surface area is 255 Å². The van der Waals surface area contributed by atoms with Gasteiger partial charge in [0.2, 0.25) is 0 Å². The van der Waals surface area contributed by atoms with Crippen LogP contribution in [0.15, 0.2) is 72.1 Å². The van der Waals surface area contributed by atoms with Crippen LogP contribution in [0.3, 0.4) is 0 Å². The molecule has 1 amide bonds. The summed E-state index contributed by atoms with van der Waals surface area (Å²) < 4.78 is 11.5. The summed E-state index contributed by atoms with van der Waals surface area (Å²) in [5.41, 5.74) is 5.81. The van der Waals surface area contributed by atoms with Crippen LogP contribution in [0.25, 0.3) is 11.3 Å². The van der Waals surface area contributed by atoms with E-state index in [1.54, 1.807) is 23.5 Å². The summed E-state index contributed by atoms with van der Waals surface area (Å²) in [6, 6.07) is 22.3. The largest absolute Gasteiger partial charge is 0.486 e. The first-order valence-corrected chi connectivity index (χ1v) is 15.7. The number of hydrogen-bond acceptors (Lipinski definition) is 7. The number of fused-ring (bicyclic) bond motifs is 1. The summed E-state index contributed by atoms with van der Waals surface area (Å²) in [4.78, 5) is 30.5. The number of carbonyl (C=O) groups excluding carboxylic acids is 1. The Morgan fingerprint density at radius 3 is 2.42 bits per heavy atom. The van der Waals surface area contributed by atoms with Gasteiger partial charge in [-0.15, -0.1) is 11.3 Å². The summed E-state index contributed by atoms with van der Waals surface area (Å²) in [7, 11) is 0. The van der Waals surface area contributed by atoms with Crippen molar-refractivity contribution in [3.63, 3.8) is 0 Å². The van der Waals surface area contributed by atoms with Crippen LogP contribution >= 0.6 is 11.3 Å². The minimum absolute atomic E-state index is 0.0935. The van der Waals surface area contributed by atoms with Crippen molar-refractivity contribution in [1.29, 1.82) is 0 Å². The van der Waals surface area contributed by atoms with Crippen LogP contribution in [0.1, 0.15) is 65.9 Å². The molecule has 2 N–H and O–H groups in total. The number of carbonyl (C=O) groups is 2. The molecule has 4 aromatic rings. The predicted octanol–water partition coefficient (Wildman–Crippen LogP) is 7.17. The fourth-order valence-corrected chi connectivity index (χ4v) is 6.54. The zero-order valence-electron chi connectivity index (χ0n) is 24.0. The van der Waals surface area contributed by atoms with E-state index < -0.39 is 5.97 Å². The van der Waals surface area contributed by atoms with E-state index in [2.05, 4.69) is 39.9 Å². The van der Waals surface area contributed by atoms with Crippen molar-refractivity contribution in [3.05, 3.63) is 88.8 Å². The number of anilines is 2. The van der Waals surface area contributed by atoms with E-state index in [0.29, 0.717) is 31.2 Å². The molecule has 0 bridgehead atoms. The van der Waals surface area contributed by atoms with Gasteiger partial charge in [-0.1, -0.05) is 43.5 Å². The van der Waals surface area contributed by atoms with Crippen molar-refractivity contribution in [1.82, 2.24) is 10.3 Å². The monoisotopic (exact) mass is 597 g/mol. The molecule has 8 nitrogen and oxygen atoms in total. The summed E-state index contributed by atoms with van der Waals surface area (Å²) in [5.74, 6) is 0.894. The molecule has 1 aliphatic carbocycles. The maximum Gasteiger partial charge on any atom is 0.305 e. The van der Waals surface area contributed by atoms with Gasteiger partial charge in [0.15, 0.2) is 16.6 Å². The van der Waals surface area contributed by atoms with Gasteiger partial charge in [0.1, 0.15) is 13.2 Å². The van der Waals surface area contributed by atoms with E-state index >= 15 is 0 Å². The van der Waals surface area contributed by atoms with Gasteiger partial charge >= 0.3 is 5.97 Å². The molecule has 1 aliphatic heterocycles. The lowest BCUT2D eigenvalue weighted by Crippen LogP contribution is -2.26. The third kappa shape index (κ3) is 7.00. The summed E-state index contributed by atoms with van der Waals surface area (Å²) >= 11 is 1.59. The SMILES string of the molecule is O=C(O)CCNC(=O)c1ccc(CN(c2ccc(C3CCCCC3)cc2)c2nc(-c3ccc4c(c3)OCCO4)cs2)cc1. The summed E-state index contributed by atoms with van der Waals surface area (Å²) in [6.45, 7) is 1.75. The number of thiazole rings is 1. The van der Waals surface area contributed by atoms with Gasteiger partial charge in [-0.25, -0.2) is 4.98 Å². The molecule has 1 saturated carbocycles. The first kappa shape index (κ1) is 28.7. The topological polar surface area (TPSA) is 101 Å². The molecule has 43 heavy (non-hydrogen) atoms. The number of aliphatic carboxylic acids is 1. The predicted molar refractivity (Wildman–Crippen MR) is 168 cm³/mol. The van der Waals surface area contributed by atoms with Crippen molar-refractivity contribution in [2.24, 2.45) is 0 Å². The highest BCUT2D eigenvalue weighted by Crippen LogP contribution is 2.39. The Bertz CT molecular complexity index is 1560. The Hall–Kier alpha value is -4.37. The maximum atomic E-state index is 12.5. The number of aromatic nitrogens is 1. The normalized spacial score (nSPS) is 14.7. The molecule has 1 aromatic heterocycles. The molecule has 6 rings (SSSR count). The van der Waals surface area contributed by atoms with E-state index in [1.807, 2.05) is 30.3 Å². The third-order valence-electron chi connectivity index (χ3n) is 8.02. The van der Waals surface area contributed by atoms with Crippen LogP contribution in [-0.4, -0.2) is 41.7 Å². The molecule has 0 saturated heterocycles. The van der Waals surface area contributed by atoms with E-state index in [1.165, 1.54) is 37.7 Å². The number of rotatable bonds is 10. The quantitative estimate of drug-likeness (QED) is 0.200.